The van der Waals surface area contributed by atoms with E-state index in [0.717, 1.165) is 22.4 Å². The van der Waals surface area contributed by atoms with Gasteiger partial charge in [-0.3, -0.25) is 4.79 Å². The van der Waals surface area contributed by atoms with Gasteiger partial charge in [-0.1, -0.05) is 56.3 Å². The lowest BCUT2D eigenvalue weighted by Crippen LogP contribution is -2.75. The van der Waals surface area contributed by atoms with E-state index in [1.54, 1.807) is 7.11 Å². The fraction of sp³-hybridized carbons (Fsp3) is 0.458. The van der Waals surface area contributed by atoms with Crippen molar-refractivity contribution in [3.05, 3.63) is 54.1 Å². The van der Waals surface area contributed by atoms with Crippen LogP contribution in [0.5, 0.6) is 5.75 Å². The van der Waals surface area contributed by atoms with E-state index < -0.39 is 11.0 Å². The van der Waals surface area contributed by atoms with Crippen LogP contribution in [0.3, 0.4) is 0 Å². The predicted molar refractivity (Wildman–Crippen MR) is 116 cm³/mol. The van der Waals surface area contributed by atoms with Crippen LogP contribution in [-0.2, 0) is 9.53 Å². The topological polar surface area (TPSA) is 73.6 Å². The van der Waals surface area contributed by atoms with Gasteiger partial charge in [-0.25, -0.2) is 0 Å². The largest absolute Gasteiger partial charge is 0.496 e. The lowest BCUT2D eigenvalue weighted by molar-refractivity contribution is -0.171. The molecule has 2 aromatic rings. The molecule has 1 amide bonds. The van der Waals surface area contributed by atoms with E-state index in [9.17, 15) is 4.79 Å². The fourth-order valence-electron chi connectivity index (χ4n) is 4.06. The second kappa shape index (κ2) is 8.17. The summed E-state index contributed by atoms with van der Waals surface area (Å²) < 4.78 is 11.2. The third-order valence-corrected chi connectivity index (χ3v) is 6.41. The van der Waals surface area contributed by atoms with Crippen molar-refractivity contribution in [2.45, 2.75) is 51.8 Å². The zero-order valence-corrected chi connectivity index (χ0v) is 18.0. The van der Waals surface area contributed by atoms with Crippen molar-refractivity contribution in [1.82, 2.24) is 5.32 Å². The molecule has 5 nitrogen and oxygen atoms in total. The lowest BCUT2D eigenvalue weighted by Gasteiger charge is -2.57. The summed E-state index contributed by atoms with van der Waals surface area (Å²) >= 11 is 0. The van der Waals surface area contributed by atoms with Crippen LogP contribution in [0, 0.1) is 5.41 Å². The number of carbonyl (C=O) groups excluding carboxylic acids is 1. The van der Waals surface area contributed by atoms with E-state index in [0.29, 0.717) is 13.0 Å². The molecule has 0 heterocycles. The number of hydrogen-bond acceptors (Lipinski definition) is 4. The number of nitrogens with one attached hydrogen (secondary N) is 1. The minimum atomic E-state index is -0.918. The Labute approximate surface area is 173 Å². The van der Waals surface area contributed by atoms with Crippen molar-refractivity contribution >= 4 is 5.91 Å². The number of carbonyl (C=O) groups is 1. The van der Waals surface area contributed by atoms with Crippen LogP contribution in [0.25, 0.3) is 11.1 Å². The van der Waals surface area contributed by atoms with Gasteiger partial charge in [0.15, 0.2) is 0 Å². The van der Waals surface area contributed by atoms with Gasteiger partial charge in [-0.05, 0) is 31.0 Å². The Hall–Kier alpha value is -2.37. The average Bonchev–Trinajstić information content (AvgIpc) is 2.73. The van der Waals surface area contributed by atoms with Crippen molar-refractivity contribution in [1.29, 1.82) is 0 Å². The summed E-state index contributed by atoms with van der Waals surface area (Å²) in [5.74, 6) is 0.711. The van der Waals surface area contributed by atoms with Gasteiger partial charge in [0.1, 0.15) is 11.3 Å². The number of methoxy groups -OCH3 is 1. The Balaban J connectivity index is 1.70. The molecule has 0 bridgehead atoms. The summed E-state index contributed by atoms with van der Waals surface area (Å²) in [4.78, 5) is 13.0. The summed E-state index contributed by atoms with van der Waals surface area (Å²) in [5.41, 5.74) is 8.31. The molecule has 1 fully saturated rings. The number of ether oxygens (including phenoxy) is 2. The highest BCUT2D eigenvalue weighted by molar-refractivity contribution is 5.89. The Kier molecular flexibility index (Phi) is 6.01. The number of para-hydroxylation sites is 1. The first kappa shape index (κ1) is 21.3. The van der Waals surface area contributed by atoms with E-state index in [1.807, 2.05) is 76.2 Å². The molecule has 3 atom stereocenters. The maximum atomic E-state index is 13.0. The first-order chi connectivity index (χ1) is 13.7. The van der Waals surface area contributed by atoms with Crippen LogP contribution in [-0.4, -0.2) is 31.3 Å². The van der Waals surface area contributed by atoms with Crippen LogP contribution in [0.15, 0.2) is 48.5 Å². The Bertz CT molecular complexity index is 863. The zero-order chi connectivity index (χ0) is 21.2. The highest BCUT2D eigenvalue weighted by atomic mass is 16.5. The molecular formula is C24H32N2O3. The summed E-state index contributed by atoms with van der Waals surface area (Å²) in [6.45, 7) is 8.57. The molecule has 0 aliphatic heterocycles. The zero-order valence-electron chi connectivity index (χ0n) is 18.0. The van der Waals surface area contributed by atoms with Crippen molar-refractivity contribution < 1.29 is 14.3 Å². The number of nitrogens with two attached hydrogens (primary N) is 1. The number of rotatable bonds is 7. The molecule has 0 aromatic heterocycles. The Morgan fingerprint density at radius 3 is 2.45 bits per heavy atom. The van der Waals surface area contributed by atoms with Gasteiger partial charge in [0.2, 0.25) is 5.91 Å². The third-order valence-electron chi connectivity index (χ3n) is 6.41. The molecule has 1 saturated carbocycles. The highest BCUT2D eigenvalue weighted by Gasteiger charge is 2.62. The molecule has 2 aromatic carbocycles. The summed E-state index contributed by atoms with van der Waals surface area (Å²) in [5, 5.41) is 3.09. The van der Waals surface area contributed by atoms with E-state index in [-0.39, 0.29) is 18.1 Å². The second-order valence-corrected chi connectivity index (χ2v) is 8.36. The van der Waals surface area contributed by atoms with E-state index in [2.05, 4.69) is 5.32 Å². The standard InChI is InChI=1S/C24H32N2O3/c1-6-29-21-15-24(25,23(21,3)4)22(27)26-16(2)17-11-13-18(14-12-17)19-9-7-8-10-20(19)28-5/h7-14,16,21H,6,15,25H2,1-5H3,(H,26,27). The molecule has 3 rings (SSSR count). The lowest BCUT2D eigenvalue weighted by atomic mass is 9.54. The van der Waals surface area contributed by atoms with Gasteiger partial charge in [-0.2, -0.15) is 0 Å². The van der Waals surface area contributed by atoms with Crippen molar-refractivity contribution in [3.8, 4) is 16.9 Å². The molecule has 1 aliphatic carbocycles. The average molecular weight is 397 g/mol. The molecule has 0 spiro atoms. The van der Waals surface area contributed by atoms with Crippen molar-refractivity contribution in [3.63, 3.8) is 0 Å². The van der Waals surface area contributed by atoms with Crippen LogP contribution >= 0.6 is 0 Å². The van der Waals surface area contributed by atoms with Gasteiger partial charge >= 0.3 is 0 Å². The van der Waals surface area contributed by atoms with Gasteiger partial charge < -0.3 is 20.5 Å². The van der Waals surface area contributed by atoms with Crippen LogP contribution in [0.1, 0.15) is 45.7 Å². The molecule has 29 heavy (non-hydrogen) atoms. The minimum Gasteiger partial charge on any atom is -0.496 e. The van der Waals surface area contributed by atoms with Gasteiger partial charge in [0.25, 0.3) is 0 Å². The van der Waals surface area contributed by atoms with E-state index >= 15 is 0 Å². The maximum absolute atomic E-state index is 13.0. The van der Waals surface area contributed by atoms with Crippen LogP contribution < -0.4 is 15.8 Å². The Morgan fingerprint density at radius 2 is 1.86 bits per heavy atom. The maximum Gasteiger partial charge on any atom is 0.241 e. The summed E-state index contributed by atoms with van der Waals surface area (Å²) in [6.07, 6.45) is 0.553. The molecule has 1 aliphatic rings. The summed E-state index contributed by atoms with van der Waals surface area (Å²) in [6, 6.07) is 15.9. The van der Waals surface area contributed by atoms with Gasteiger partial charge in [0, 0.05) is 24.0 Å². The van der Waals surface area contributed by atoms with Crippen molar-refractivity contribution in [2.75, 3.05) is 13.7 Å². The molecule has 3 unspecified atom stereocenters. The second-order valence-electron chi connectivity index (χ2n) is 8.36. The predicted octanol–water partition coefficient (Wildman–Crippen LogP) is 4.07. The smallest absolute Gasteiger partial charge is 0.241 e. The fourth-order valence-corrected chi connectivity index (χ4v) is 4.06. The first-order valence-electron chi connectivity index (χ1n) is 10.2. The third kappa shape index (κ3) is 3.77. The number of amides is 1. The monoisotopic (exact) mass is 396 g/mol. The highest BCUT2D eigenvalue weighted by Crippen LogP contribution is 2.50. The van der Waals surface area contributed by atoms with Crippen LogP contribution in [0.2, 0.25) is 0 Å². The number of hydrogen-bond donors (Lipinski definition) is 2. The molecule has 0 saturated heterocycles. The quantitative estimate of drug-likeness (QED) is 0.740. The Morgan fingerprint density at radius 1 is 1.21 bits per heavy atom. The normalized spacial score (nSPS) is 23.7. The van der Waals surface area contributed by atoms with E-state index in [1.165, 1.54) is 0 Å². The molecule has 3 N–H and O–H groups in total. The van der Waals surface area contributed by atoms with Gasteiger partial charge in [-0.15, -0.1) is 0 Å². The minimum absolute atomic E-state index is 0.0127. The van der Waals surface area contributed by atoms with Crippen LogP contribution in [0.4, 0.5) is 0 Å². The molecule has 156 valence electrons. The SMILES string of the molecule is CCOC1CC(N)(C(=O)NC(C)c2ccc(-c3ccccc3OC)cc2)C1(C)C. The molecular weight excluding hydrogens is 364 g/mol. The first-order valence-corrected chi connectivity index (χ1v) is 10.2. The molecule has 0 radical (unpaired) electrons. The number of benzene rings is 2. The van der Waals surface area contributed by atoms with E-state index in [4.69, 9.17) is 15.2 Å². The molecule has 5 heteroatoms. The summed E-state index contributed by atoms with van der Waals surface area (Å²) in [7, 11) is 1.67. The van der Waals surface area contributed by atoms with Gasteiger partial charge in [0.05, 0.1) is 19.3 Å². The van der Waals surface area contributed by atoms with Crippen molar-refractivity contribution in [2.24, 2.45) is 11.1 Å².